The van der Waals surface area contributed by atoms with Crippen molar-refractivity contribution in [2.24, 2.45) is 0 Å². The fraction of sp³-hybridized carbons (Fsp3) is 0.286. The zero-order valence-corrected chi connectivity index (χ0v) is 12.7. The molecule has 21 heavy (non-hydrogen) atoms. The lowest BCUT2D eigenvalue weighted by Crippen LogP contribution is -2.26. The first-order valence-corrected chi connectivity index (χ1v) is 7.09. The first-order valence-electron chi connectivity index (χ1n) is 6.30. The zero-order valence-electron chi connectivity index (χ0n) is 11.2. The lowest BCUT2D eigenvalue weighted by atomic mass is 9.99. The van der Waals surface area contributed by atoms with Crippen LogP contribution in [-0.2, 0) is 6.18 Å². The molecule has 0 aromatic carbocycles. The van der Waals surface area contributed by atoms with E-state index in [1.807, 2.05) is 6.92 Å². The van der Waals surface area contributed by atoms with E-state index in [0.29, 0.717) is 16.7 Å². The largest absolute Gasteiger partial charge is 0.416 e. The van der Waals surface area contributed by atoms with Crippen LogP contribution < -0.4 is 5.32 Å². The standard InChI is InChI=1S/C14H13BrF3N3/c1-2-20-12(13-11(15)4-3-6-21-13)9-8-19-7-5-10(9)14(16,17)18/h3-8,12,20H,2H2,1H3. The Morgan fingerprint density at radius 1 is 1.29 bits per heavy atom. The third kappa shape index (κ3) is 3.59. The van der Waals surface area contributed by atoms with Crippen molar-refractivity contribution in [3.8, 4) is 0 Å². The van der Waals surface area contributed by atoms with E-state index in [4.69, 9.17) is 0 Å². The number of hydrogen-bond donors (Lipinski definition) is 1. The van der Waals surface area contributed by atoms with Crippen molar-refractivity contribution in [3.05, 3.63) is 58.1 Å². The van der Waals surface area contributed by atoms with Crippen LogP contribution in [0.3, 0.4) is 0 Å². The molecule has 1 atom stereocenters. The van der Waals surface area contributed by atoms with Gasteiger partial charge < -0.3 is 5.32 Å². The van der Waals surface area contributed by atoms with E-state index >= 15 is 0 Å². The second-order valence-corrected chi connectivity index (χ2v) is 5.18. The molecule has 1 N–H and O–H groups in total. The summed E-state index contributed by atoms with van der Waals surface area (Å²) in [6.45, 7) is 2.33. The van der Waals surface area contributed by atoms with Crippen molar-refractivity contribution >= 4 is 15.9 Å². The summed E-state index contributed by atoms with van der Waals surface area (Å²) in [4.78, 5) is 8.03. The molecule has 0 bridgehead atoms. The summed E-state index contributed by atoms with van der Waals surface area (Å²) in [5.74, 6) is 0. The van der Waals surface area contributed by atoms with Crippen LogP contribution in [0, 0.1) is 0 Å². The molecule has 0 aliphatic rings. The number of nitrogens with one attached hydrogen (secondary N) is 1. The Morgan fingerprint density at radius 2 is 2.05 bits per heavy atom. The van der Waals surface area contributed by atoms with Crippen LogP contribution in [0.1, 0.15) is 29.8 Å². The monoisotopic (exact) mass is 359 g/mol. The van der Waals surface area contributed by atoms with Crippen LogP contribution in [0.4, 0.5) is 13.2 Å². The zero-order chi connectivity index (χ0) is 15.5. The van der Waals surface area contributed by atoms with Gasteiger partial charge >= 0.3 is 6.18 Å². The molecule has 0 aliphatic carbocycles. The lowest BCUT2D eigenvalue weighted by Gasteiger charge is -2.22. The average molecular weight is 360 g/mol. The van der Waals surface area contributed by atoms with Gasteiger partial charge in [0.25, 0.3) is 0 Å². The Labute approximate surface area is 128 Å². The molecule has 0 radical (unpaired) electrons. The van der Waals surface area contributed by atoms with Gasteiger partial charge in [-0.1, -0.05) is 6.92 Å². The number of halogens is 4. The normalized spacial score (nSPS) is 13.2. The number of rotatable bonds is 4. The Morgan fingerprint density at radius 3 is 2.67 bits per heavy atom. The van der Waals surface area contributed by atoms with Gasteiger partial charge in [0.1, 0.15) is 0 Å². The number of aromatic nitrogens is 2. The smallest absolute Gasteiger partial charge is 0.305 e. The molecule has 2 aromatic heterocycles. The number of alkyl halides is 3. The summed E-state index contributed by atoms with van der Waals surface area (Å²) in [5, 5.41) is 3.04. The maximum Gasteiger partial charge on any atom is 0.416 e. The van der Waals surface area contributed by atoms with Crippen molar-refractivity contribution in [1.29, 1.82) is 0 Å². The van der Waals surface area contributed by atoms with Crippen molar-refractivity contribution in [3.63, 3.8) is 0 Å². The molecular formula is C14H13BrF3N3. The minimum absolute atomic E-state index is 0.0613. The molecule has 2 heterocycles. The van der Waals surface area contributed by atoms with Gasteiger partial charge in [-0.3, -0.25) is 9.97 Å². The molecule has 0 amide bonds. The van der Waals surface area contributed by atoms with Crippen LogP contribution in [0.25, 0.3) is 0 Å². The van der Waals surface area contributed by atoms with Gasteiger partial charge in [0.2, 0.25) is 0 Å². The maximum atomic E-state index is 13.2. The van der Waals surface area contributed by atoms with Gasteiger partial charge in [0.15, 0.2) is 0 Å². The molecule has 0 saturated carbocycles. The number of hydrogen-bond acceptors (Lipinski definition) is 3. The van der Waals surface area contributed by atoms with Gasteiger partial charge in [-0.05, 0) is 40.7 Å². The van der Waals surface area contributed by atoms with Crippen molar-refractivity contribution in [2.75, 3.05) is 6.54 Å². The second-order valence-electron chi connectivity index (χ2n) is 4.32. The van der Waals surface area contributed by atoms with Crippen LogP contribution in [-0.4, -0.2) is 16.5 Å². The first-order chi connectivity index (χ1) is 9.95. The molecule has 3 nitrogen and oxygen atoms in total. The van der Waals surface area contributed by atoms with E-state index in [-0.39, 0.29) is 5.56 Å². The van der Waals surface area contributed by atoms with Crippen molar-refractivity contribution < 1.29 is 13.2 Å². The Bertz CT molecular complexity index is 616. The average Bonchev–Trinajstić information content (AvgIpc) is 2.45. The molecule has 112 valence electrons. The highest BCUT2D eigenvalue weighted by Crippen LogP contribution is 2.36. The Balaban J connectivity index is 2.57. The summed E-state index contributed by atoms with van der Waals surface area (Å²) in [6.07, 6.45) is -0.513. The summed E-state index contributed by atoms with van der Waals surface area (Å²) in [6, 6.07) is 3.76. The Kier molecular flexibility index (Phi) is 4.95. The summed E-state index contributed by atoms with van der Waals surface area (Å²) in [5.41, 5.74) is -0.148. The van der Waals surface area contributed by atoms with Gasteiger partial charge in [-0.2, -0.15) is 13.2 Å². The fourth-order valence-corrected chi connectivity index (χ4v) is 2.55. The van der Waals surface area contributed by atoms with Gasteiger partial charge in [0.05, 0.1) is 17.3 Å². The minimum atomic E-state index is -4.44. The number of nitrogens with zero attached hydrogens (tertiary/aromatic N) is 2. The molecule has 7 heteroatoms. The molecule has 0 spiro atoms. The molecule has 0 saturated heterocycles. The number of pyridine rings is 2. The van der Waals surface area contributed by atoms with E-state index in [9.17, 15) is 13.2 Å². The first kappa shape index (κ1) is 15.9. The van der Waals surface area contributed by atoms with Crippen LogP contribution >= 0.6 is 15.9 Å². The van der Waals surface area contributed by atoms with Gasteiger partial charge in [-0.25, -0.2) is 0 Å². The lowest BCUT2D eigenvalue weighted by molar-refractivity contribution is -0.138. The van der Waals surface area contributed by atoms with Crippen LogP contribution in [0.2, 0.25) is 0 Å². The predicted octanol–water partition coefficient (Wildman–Crippen LogP) is 3.96. The van der Waals surface area contributed by atoms with Crippen LogP contribution in [0.5, 0.6) is 0 Å². The van der Waals surface area contributed by atoms with Gasteiger partial charge in [-0.15, -0.1) is 0 Å². The maximum absolute atomic E-state index is 13.2. The highest BCUT2D eigenvalue weighted by atomic mass is 79.9. The van der Waals surface area contributed by atoms with Gasteiger partial charge in [0, 0.05) is 28.6 Å². The molecular weight excluding hydrogens is 347 g/mol. The Hall–Kier alpha value is -1.47. The topological polar surface area (TPSA) is 37.8 Å². The third-order valence-corrected chi connectivity index (χ3v) is 3.61. The third-order valence-electron chi connectivity index (χ3n) is 2.94. The molecule has 2 rings (SSSR count). The SMILES string of the molecule is CCNC(c1cnccc1C(F)(F)F)c1ncccc1Br. The summed E-state index contributed by atoms with van der Waals surface area (Å²) < 4.78 is 40.2. The van der Waals surface area contributed by atoms with Crippen molar-refractivity contribution in [1.82, 2.24) is 15.3 Å². The highest BCUT2D eigenvalue weighted by Gasteiger charge is 2.36. The highest BCUT2D eigenvalue weighted by molar-refractivity contribution is 9.10. The predicted molar refractivity (Wildman–Crippen MR) is 76.7 cm³/mol. The molecule has 0 aliphatic heterocycles. The van der Waals surface area contributed by atoms with E-state index in [2.05, 4.69) is 31.2 Å². The van der Waals surface area contributed by atoms with E-state index in [1.165, 1.54) is 6.20 Å². The summed E-state index contributed by atoms with van der Waals surface area (Å²) >= 11 is 3.34. The summed E-state index contributed by atoms with van der Waals surface area (Å²) in [7, 11) is 0. The van der Waals surface area contributed by atoms with E-state index < -0.39 is 17.8 Å². The van der Waals surface area contributed by atoms with E-state index in [1.54, 1.807) is 18.3 Å². The second kappa shape index (κ2) is 6.53. The van der Waals surface area contributed by atoms with Crippen molar-refractivity contribution in [2.45, 2.75) is 19.1 Å². The minimum Gasteiger partial charge on any atom is -0.305 e. The van der Waals surface area contributed by atoms with E-state index in [0.717, 1.165) is 12.3 Å². The van der Waals surface area contributed by atoms with Crippen LogP contribution in [0.15, 0.2) is 41.3 Å². The fourth-order valence-electron chi connectivity index (χ4n) is 2.06. The quantitative estimate of drug-likeness (QED) is 0.897. The molecule has 1 unspecified atom stereocenters. The molecule has 2 aromatic rings. The molecule has 0 fully saturated rings.